The third-order valence-corrected chi connectivity index (χ3v) is 1.71. The molecule has 0 unspecified atom stereocenters. The van der Waals surface area contributed by atoms with E-state index in [9.17, 15) is 0 Å². The molecule has 0 aliphatic heterocycles. The minimum atomic E-state index is -0.0613. The molecule has 0 aromatic carbocycles. The van der Waals surface area contributed by atoms with Crippen LogP contribution in [0.5, 0.6) is 0 Å². The van der Waals surface area contributed by atoms with Gasteiger partial charge in [-0.15, -0.1) is 0 Å². The van der Waals surface area contributed by atoms with Crippen molar-refractivity contribution in [1.82, 2.24) is 7.96 Å². The van der Waals surface area contributed by atoms with Crippen LogP contribution in [0.2, 0.25) is 0 Å². The van der Waals surface area contributed by atoms with Gasteiger partial charge in [0, 0.05) is 0 Å². The van der Waals surface area contributed by atoms with Crippen LogP contribution in [0.4, 0.5) is 11.6 Å². The van der Waals surface area contributed by atoms with Crippen LogP contribution in [0.15, 0.2) is 0 Å². The van der Waals surface area contributed by atoms with Crippen LogP contribution in [0.25, 0.3) is 0 Å². The predicted octanol–water partition coefficient (Wildman–Crippen LogP) is -1.30. The van der Waals surface area contributed by atoms with Gasteiger partial charge in [0.2, 0.25) is 0 Å². The number of hydrogen-bond acceptors (Lipinski definition) is 4. The third kappa shape index (κ3) is 0.730. The number of anilines is 2. The fraction of sp³-hybridized carbons (Fsp3) is 0. The number of rotatable bonds is 0. The summed E-state index contributed by atoms with van der Waals surface area (Å²) in [6.45, 7) is 0. The van der Waals surface area contributed by atoms with E-state index >= 15 is 0 Å². The number of hydrogen-bond donors (Lipinski definition) is 2. The molecule has 1 aromatic heterocycles. The van der Waals surface area contributed by atoms with Crippen molar-refractivity contribution in [1.29, 1.82) is 0 Å². The first-order chi connectivity index (χ1) is 3.30. The average Bonchev–Trinajstić information content (AvgIpc) is 1.91. The first-order valence-electron chi connectivity index (χ1n) is 1.64. The van der Waals surface area contributed by atoms with Gasteiger partial charge in [-0.1, -0.05) is 0 Å². The van der Waals surface area contributed by atoms with Crippen molar-refractivity contribution in [3.63, 3.8) is 0 Å². The molecule has 0 fully saturated rings. The van der Waals surface area contributed by atoms with E-state index in [-0.39, 0.29) is 15.0 Å². The van der Waals surface area contributed by atoms with Gasteiger partial charge in [0.15, 0.2) is 0 Å². The van der Waals surface area contributed by atoms with Gasteiger partial charge >= 0.3 is 46.0 Å². The Morgan fingerprint density at radius 2 is 1.57 bits per heavy atom. The molecule has 0 atom stereocenters. The van der Waals surface area contributed by atoms with Crippen molar-refractivity contribution in [3.8, 4) is 0 Å². The zero-order valence-electron chi connectivity index (χ0n) is 3.46. The van der Waals surface area contributed by atoms with Gasteiger partial charge in [0.05, 0.1) is 0 Å². The minimum absolute atomic E-state index is 0.0613. The van der Waals surface area contributed by atoms with Crippen molar-refractivity contribution in [3.05, 3.63) is 0 Å². The SMILES string of the molecule is Nc1n[se]nc1N. The summed E-state index contributed by atoms with van der Waals surface area (Å²) >= 11 is -0.0613. The van der Waals surface area contributed by atoms with Crippen LogP contribution in [-0.2, 0) is 0 Å². The van der Waals surface area contributed by atoms with Gasteiger partial charge < -0.3 is 0 Å². The maximum atomic E-state index is 5.19. The Morgan fingerprint density at radius 3 is 1.71 bits per heavy atom. The molecule has 0 amide bonds. The molecule has 0 saturated heterocycles. The van der Waals surface area contributed by atoms with Crippen LogP contribution in [-0.4, -0.2) is 22.9 Å². The third-order valence-electron chi connectivity index (χ3n) is 0.541. The van der Waals surface area contributed by atoms with E-state index in [1.165, 1.54) is 0 Å². The Bertz CT molecular complexity index is 142. The van der Waals surface area contributed by atoms with Gasteiger partial charge in [0.25, 0.3) is 0 Å². The van der Waals surface area contributed by atoms with E-state index in [4.69, 9.17) is 11.5 Å². The second kappa shape index (κ2) is 1.52. The van der Waals surface area contributed by atoms with Gasteiger partial charge in [-0.2, -0.15) is 0 Å². The summed E-state index contributed by atoms with van der Waals surface area (Å²) in [6, 6.07) is 0. The van der Waals surface area contributed by atoms with Crippen molar-refractivity contribution in [2.24, 2.45) is 0 Å². The van der Waals surface area contributed by atoms with Crippen molar-refractivity contribution < 1.29 is 0 Å². The number of nitrogens with zero attached hydrogens (tertiary/aromatic N) is 2. The van der Waals surface area contributed by atoms with Crippen LogP contribution >= 0.6 is 0 Å². The molecular formula is C2H4N4Se. The second-order valence-corrected chi connectivity index (χ2v) is 2.14. The van der Waals surface area contributed by atoms with Crippen LogP contribution < -0.4 is 11.5 Å². The fourth-order valence-corrected chi connectivity index (χ4v) is 1.05. The molecule has 1 aromatic rings. The molecule has 0 aliphatic carbocycles. The fourth-order valence-electron chi connectivity index (χ4n) is 0.202. The summed E-state index contributed by atoms with van der Waals surface area (Å²) in [7, 11) is 0. The number of nitrogen functional groups attached to an aromatic ring is 2. The Morgan fingerprint density at radius 1 is 1.14 bits per heavy atom. The Balaban J connectivity index is 3.12. The van der Waals surface area contributed by atoms with Crippen molar-refractivity contribution in [2.45, 2.75) is 0 Å². The van der Waals surface area contributed by atoms with E-state index in [2.05, 4.69) is 7.96 Å². The zero-order chi connectivity index (χ0) is 5.28. The Kier molecular flexibility index (Phi) is 1.00. The normalized spacial score (nSPS) is 9.14. The maximum absolute atomic E-state index is 5.19. The van der Waals surface area contributed by atoms with E-state index in [1.807, 2.05) is 0 Å². The molecule has 0 spiro atoms. The van der Waals surface area contributed by atoms with Gasteiger partial charge in [-0.25, -0.2) is 0 Å². The second-order valence-electron chi connectivity index (χ2n) is 1.03. The summed E-state index contributed by atoms with van der Waals surface area (Å²) in [5, 5.41) is 0. The summed E-state index contributed by atoms with van der Waals surface area (Å²) in [4.78, 5) is 0. The van der Waals surface area contributed by atoms with Crippen molar-refractivity contribution >= 4 is 26.6 Å². The standard InChI is InChI=1S/C2H4N4Se/c3-1-2(4)6-7-5-1/h(H2,3,5)(H2,4,6). The summed E-state index contributed by atoms with van der Waals surface area (Å²) in [5.74, 6) is 0.778. The van der Waals surface area contributed by atoms with Crippen LogP contribution in [0, 0.1) is 0 Å². The monoisotopic (exact) mass is 164 g/mol. The van der Waals surface area contributed by atoms with E-state index < -0.39 is 0 Å². The summed E-state index contributed by atoms with van der Waals surface area (Å²) in [5.41, 5.74) is 10.4. The topological polar surface area (TPSA) is 77.8 Å². The van der Waals surface area contributed by atoms with Gasteiger partial charge in [0.1, 0.15) is 0 Å². The molecule has 0 saturated carbocycles. The molecule has 0 bridgehead atoms. The molecule has 0 radical (unpaired) electrons. The summed E-state index contributed by atoms with van der Waals surface area (Å²) in [6.07, 6.45) is 0. The van der Waals surface area contributed by atoms with E-state index in [1.54, 1.807) is 0 Å². The predicted molar refractivity (Wildman–Crippen MR) is 27.8 cm³/mol. The molecule has 4 N–H and O–H groups in total. The molecule has 7 heavy (non-hydrogen) atoms. The zero-order valence-corrected chi connectivity index (χ0v) is 5.17. The summed E-state index contributed by atoms with van der Waals surface area (Å²) < 4.78 is 7.49. The van der Waals surface area contributed by atoms with E-state index in [0.717, 1.165) is 0 Å². The van der Waals surface area contributed by atoms with Gasteiger partial charge in [-0.3, -0.25) is 0 Å². The van der Waals surface area contributed by atoms with Crippen LogP contribution in [0.1, 0.15) is 0 Å². The molecule has 4 nitrogen and oxygen atoms in total. The number of nitrogens with two attached hydrogens (primary N) is 2. The molecular weight excluding hydrogens is 159 g/mol. The van der Waals surface area contributed by atoms with Crippen LogP contribution in [0.3, 0.4) is 0 Å². The molecule has 0 aliphatic rings. The molecule has 38 valence electrons. The molecule has 1 rings (SSSR count). The Hall–Kier alpha value is -0.541. The first-order valence-corrected chi connectivity index (χ1v) is 3.17. The number of aromatic nitrogens is 2. The molecule has 1 heterocycles. The molecule has 5 heteroatoms. The Labute approximate surface area is 46.7 Å². The first kappa shape index (κ1) is 4.61. The van der Waals surface area contributed by atoms with Gasteiger partial charge in [-0.05, 0) is 0 Å². The quantitative estimate of drug-likeness (QED) is 0.466. The average molecular weight is 163 g/mol. The van der Waals surface area contributed by atoms with Crippen molar-refractivity contribution in [2.75, 3.05) is 11.5 Å². The van der Waals surface area contributed by atoms with E-state index in [0.29, 0.717) is 11.6 Å².